The van der Waals surface area contributed by atoms with Gasteiger partial charge in [-0.05, 0) is 58.7 Å². The molecule has 0 saturated carbocycles. The number of hydrogen-bond acceptors (Lipinski definition) is 3. The molecule has 0 aliphatic carbocycles. The van der Waals surface area contributed by atoms with Gasteiger partial charge in [0.15, 0.2) is 0 Å². The van der Waals surface area contributed by atoms with Crippen LogP contribution in [0, 0.1) is 5.92 Å². The fraction of sp³-hybridized carbons (Fsp3) is 0.158. The first-order valence-electron chi connectivity index (χ1n) is 14.4. The SMILES string of the molecule is O=C(OCc1ccccc1)[C@@H]1C[C@@H](Cc2ccccc2)C(c2ccccc2)N1C(=O)c1ccc(-c2ccccc2)cc1. The second-order valence-corrected chi connectivity index (χ2v) is 10.8. The topological polar surface area (TPSA) is 46.6 Å². The van der Waals surface area contributed by atoms with Crippen molar-refractivity contribution in [3.63, 3.8) is 0 Å². The Morgan fingerprint density at radius 1 is 0.619 bits per heavy atom. The Labute approximate surface area is 247 Å². The quantitative estimate of drug-likeness (QED) is 0.184. The second kappa shape index (κ2) is 12.7. The predicted octanol–water partition coefficient (Wildman–Crippen LogP) is 7.91. The molecule has 1 heterocycles. The molecule has 1 saturated heterocycles. The normalized spacial score (nSPS) is 18.0. The molecule has 6 rings (SSSR count). The highest BCUT2D eigenvalue weighted by Gasteiger charge is 2.48. The number of rotatable bonds is 8. The summed E-state index contributed by atoms with van der Waals surface area (Å²) in [6, 6.07) is 46.8. The first-order valence-corrected chi connectivity index (χ1v) is 14.4. The Balaban J connectivity index is 1.35. The standard InChI is InChI=1S/C38H33NO3/c40-37(33-23-21-31(22-24-33)30-17-9-3-10-18-30)39-35(38(41)42-27-29-15-7-2-8-16-29)26-34(25-28-13-5-1-6-14-28)36(39)32-19-11-4-12-20-32/h1-24,34-36H,25-27H2/t34-,35+,36?/m1/s1. The Kier molecular flexibility index (Phi) is 8.23. The zero-order chi connectivity index (χ0) is 28.7. The van der Waals surface area contributed by atoms with Crippen LogP contribution in [-0.2, 0) is 22.6 Å². The minimum absolute atomic E-state index is 0.0385. The fourth-order valence-corrected chi connectivity index (χ4v) is 6.03. The van der Waals surface area contributed by atoms with Crippen LogP contribution < -0.4 is 0 Å². The third kappa shape index (κ3) is 6.03. The highest BCUT2D eigenvalue weighted by atomic mass is 16.5. The first kappa shape index (κ1) is 27.2. The molecule has 3 atom stereocenters. The lowest BCUT2D eigenvalue weighted by atomic mass is 9.87. The maximum absolute atomic E-state index is 14.4. The Hall–Kier alpha value is -4.96. The molecule has 4 nitrogen and oxygen atoms in total. The third-order valence-corrected chi connectivity index (χ3v) is 8.06. The fourth-order valence-electron chi connectivity index (χ4n) is 6.03. The summed E-state index contributed by atoms with van der Waals surface area (Å²) in [4.78, 5) is 29.9. The zero-order valence-electron chi connectivity index (χ0n) is 23.4. The van der Waals surface area contributed by atoms with Gasteiger partial charge in [0.1, 0.15) is 12.6 Å². The predicted molar refractivity (Wildman–Crippen MR) is 166 cm³/mol. The Morgan fingerprint density at radius 3 is 1.76 bits per heavy atom. The van der Waals surface area contributed by atoms with Crippen LogP contribution in [0.15, 0.2) is 146 Å². The molecule has 208 valence electrons. The number of carbonyl (C=O) groups excluding carboxylic acids is 2. The van der Waals surface area contributed by atoms with E-state index in [1.54, 1.807) is 4.90 Å². The van der Waals surface area contributed by atoms with Gasteiger partial charge in [0.25, 0.3) is 5.91 Å². The van der Waals surface area contributed by atoms with Crippen molar-refractivity contribution in [1.29, 1.82) is 0 Å². The van der Waals surface area contributed by atoms with Crippen molar-refractivity contribution in [3.05, 3.63) is 168 Å². The summed E-state index contributed by atoms with van der Waals surface area (Å²) < 4.78 is 5.86. The molecule has 1 amide bonds. The number of amides is 1. The molecule has 0 spiro atoms. The van der Waals surface area contributed by atoms with Gasteiger partial charge in [-0.1, -0.05) is 133 Å². The number of benzene rings is 5. The van der Waals surface area contributed by atoms with E-state index in [2.05, 4.69) is 36.4 Å². The van der Waals surface area contributed by atoms with Crippen LogP contribution in [0.2, 0.25) is 0 Å². The number of esters is 1. The highest BCUT2D eigenvalue weighted by Crippen LogP contribution is 2.44. The van der Waals surface area contributed by atoms with Gasteiger partial charge in [0.05, 0.1) is 6.04 Å². The Bertz CT molecular complexity index is 1600. The van der Waals surface area contributed by atoms with Crippen LogP contribution in [0.3, 0.4) is 0 Å². The van der Waals surface area contributed by atoms with E-state index < -0.39 is 6.04 Å². The molecule has 1 aliphatic rings. The van der Waals surface area contributed by atoms with Gasteiger partial charge in [-0.3, -0.25) is 4.79 Å². The molecule has 1 fully saturated rings. The first-order chi connectivity index (χ1) is 20.7. The molecule has 0 radical (unpaired) electrons. The summed E-state index contributed by atoms with van der Waals surface area (Å²) in [5.74, 6) is -0.498. The van der Waals surface area contributed by atoms with Crippen molar-refractivity contribution in [1.82, 2.24) is 4.90 Å². The maximum Gasteiger partial charge on any atom is 0.329 e. The van der Waals surface area contributed by atoms with Crippen molar-refractivity contribution >= 4 is 11.9 Å². The van der Waals surface area contributed by atoms with Crippen molar-refractivity contribution in [2.24, 2.45) is 5.92 Å². The molecule has 5 aromatic carbocycles. The summed E-state index contributed by atoms with van der Waals surface area (Å²) >= 11 is 0. The van der Waals surface area contributed by atoms with Gasteiger partial charge in [-0.15, -0.1) is 0 Å². The van der Waals surface area contributed by atoms with Gasteiger partial charge >= 0.3 is 5.97 Å². The van der Waals surface area contributed by atoms with Crippen LogP contribution in [0.5, 0.6) is 0 Å². The van der Waals surface area contributed by atoms with Gasteiger partial charge in [-0.25, -0.2) is 4.79 Å². The monoisotopic (exact) mass is 551 g/mol. The van der Waals surface area contributed by atoms with E-state index >= 15 is 0 Å². The lowest BCUT2D eigenvalue weighted by Crippen LogP contribution is -2.43. The number of hydrogen-bond donors (Lipinski definition) is 0. The van der Waals surface area contributed by atoms with Crippen LogP contribution in [-0.4, -0.2) is 22.8 Å². The summed E-state index contributed by atoms with van der Waals surface area (Å²) in [7, 11) is 0. The number of nitrogens with zero attached hydrogens (tertiary/aromatic N) is 1. The number of ether oxygens (including phenoxy) is 1. The van der Waals surface area contributed by atoms with Crippen LogP contribution in [0.4, 0.5) is 0 Å². The summed E-state index contributed by atoms with van der Waals surface area (Å²) in [5, 5.41) is 0. The van der Waals surface area contributed by atoms with Crippen molar-refractivity contribution < 1.29 is 14.3 Å². The Morgan fingerprint density at radius 2 is 1.14 bits per heavy atom. The molecule has 1 aliphatic heterocycles. The van der Waals surface area contributed by atoms with Gasteiger partial charge in [0.2, 0.25) is 0 Å². The average Bonchev–Trinajstić information content (AvgIpc) is 3.44. The van der Waals surface area contributed by atoms with Crippen LogP contribution in [0.1, 0.15) is 39.5 Å². The molecular weight excluding hydrogens is 518 g/mol. The maximum atomic E-state index is 14.4. The van der Waals surface area contributed by atoms with E-state index in [0.29, 0.717) is 12.0 Å². The van der Waals surface area contributed by atoms with Gasteiger partial charge in [-0.2, -0.15) is 0 Å². The number of carbonyl (C=O) groups is 2. The molecule has 0 aromatic heterocycles. The van der Waals surface area contributed by atoms with E-state index in [-0.39, 0.29) is 30.4 Å². The minimum Gasteiger partial charge on any atom is -0.459 e. The second-order valence-electron chi connectivity index (χ2n) is 10.8. The van der Waals surface area contributed by atoms with Crippen molar-refractivity contribution in [2.75, 3.05) is 0 Å². The van der Waals surface area contributed by atoms with Crippen molar-refractivity contribution in [3.8, 4) is 11.1 Å². The molecular formula is C38H33NO3. The zero-order valence-corrected chi connectivity index (χ0v) is 23.4. The van der Waals surface area contributed by atoms with E-state index in [0.717, 1.165) is 28.7 Å². The summed E-state index contributed by atoms with van der Waals surface area (Å²) in [5.41, 5.74) is 5.79. The van der Waals surface area contributed by atoms with Crippen LogP contribution >= 0.6 is 0 Å². The van der Waals surface area contributed by atoms with E-state index in [1.165, 1.54) is 5.56 Å². The minimum atomic E-state index is -0.700. The molecule has 42 heavy (non-hydrogen) atoms. The number of likely N-dealkylation sites (tertiary alicyclic amines) is 1. The molecule has 0 bridgehead atoms. The van der Waals surface area contributed by atoms with Gasteiger partial charge < -0.3 is 9.64 Å². The highest BCUT2D eigenvalue weighted by molar-refractivity contribution is 5.98. The molecule has 5 aromatic rings. The molecule has 0 N–H and O–H groups in total. The lowest BCUT2D eigenvalue weighted by molar-refractivity contribution is -0.149. The average molecular weight is 552 g/mol. The van der Waals surface area contributed by atoms with Crippen molar-refractivity contribution in [2.45, 2.75) is 31.5 Å². The summed E-state index contributed by atoms with van der Waals surface area (Å²) in [6.45, 7) is 0.170. The lowest BCUT2D eigenvalue weighted by Gasteiger charge is -2.31. The van der Waals surface area contributed by atoms with E-state index in [4.69, 9.17) is 4.74 Å². The molecule has 1 unspecified atom stereocenters. The van der Waals surface area contributed by atoms with E-state index in [1.807, 2.05) is 109 Å². The van der Waals surface area contributed by atoms with Gasteiger partial charge in [0, 0.05) is 5.56 Å². The third-order valence-electron chi connectivity index (χ3n) is 8.06. The largest absolute Gasteiger partial charge is 0.459 e. The summed E-state index contributed by atoms with van der Waals surface area (Å²) in [6.07, 6.45) is 1.27. The molecule has 4 heteroatoms. The van der Waals surface area contributed by atoms with Crippen LogP contribution in [0.25, 0.3) is 11.1 Å². The smallest absolute Gasteiger partial charge is 0.329 e. The van der Waals surface area contributed by atoms with E-state index in [9.17, 15) is 9.59 Å².